The molecule has 0 bridgehead atoms. The molecule has 98 valence electrons. The predicted molar refractivity (Wildman–Crippen MR) is 54.7 cm³/mol. The van der Waals surface area contributed by atoms with Crippen molar-refractivity contribution in [3.63, 3.8) is 0 Å². The lowest BCUT2D eigenvalue weighted by molar-refractivity contribution is -0.142. The lowest BCUT2D eigenvalue weighted by Crippen LogP contribution is -2.49. The Morgan fingerprint density at radius 2 is 2.12 bits per heavy atom. The van der Waals surface area contributed by atoms with Crippen LogP contribution >= 0.6 is 11.8 Å². The molecule has 1 aliphatic rings. The van der Waals surface area contributed by atoms with E-state index in [1.165, 1.54) is 11.8 Å². The highest BCUT2D eigenvalue weighted by Crippen LogP contribution is 2.23. The second-order valence-corrected chi connectivity index (χ2v) is 4.58. The molecule has 1 saturated heterocycles. The van der Waals surface area contributed by atoms with Crippen LogP contribution < -0.4 is 0 Å². The van der Waals surface area contributed by atoms with Crippen LogP contribution in [-0.4, -0.2) is 64.3 Å². The number of carboxylic acids is 1. The van der Waals surface area contributed by atoms with Crippen molar-refractivity contribution in [2.45, 2.75) is 12.2 Å². The van der Waals surface area contributed by atoms with Crippen molar-refractivity contribution in [3.8, 4) is 0 Å². The van der Waals surface area contributed by atoms with E-state index in [1.807, 2.05) is 0 Å². The number of amides is 2. The summed E-state index contributed by atoms with van der Waals surface area (Å²) in [4.78, 5) is 23.8. The highest BCUT2D eigenvalue weighted by Gasteiger charge is 2.39. The molecule has 1 unspecified atom stereocenters. The normalized spacial score (nSPS) is 20.5. The first-order chi connectivity index (χ1) is 7.72. The molecule has 1 aliphatic heterocycles. The monoisotopic (exact) mass is 272 g/mol. The fraction of sp³-hybridized carbons (Fsp3) is 0.750. The number of aliphatic carboxylic acids is 1. The van der Waals surface area contributed by atoms with E-state index >= 15 is 0 Å². The maximum absolute atomic E-state index is 12.1. The van der Waals surface area contributed by atoms with Crippen molar-refractivity contribution in [2.75, 3.05) is 25.2 Å². The number of nitrogens with zero attached hydrogens (tertiary/aromatic N) is 2. The summed E-state index contributed by atoms with van der Waals surface area (Å²) >= 11 is 1.20. The molecule has 0 radical (unpaired) electrons. The molecule has 0 spiro atoms. The molecule has 1 atom stereocenters. The van der Waals surface area contributed by atoms with Gasteiger partial charge in [-0.3, -0.25) is 0 Å². The number of halogens is 3. The molecule has 1 rings (SSSR count). The lowest BCUT2D eigenvalue weighted by Gasteiger charge is -2.27. The highest BCUT2D eigenvalue weighted by atomic mass is 32.2. The molecule has 5 nitrogen and oxygen atoms in total. The van der Waals surface area contributed by atoms with Gasteiger partial charge in [-0.05, 0) is 0 Å². The Hall–Kier alpha value is -1.12. The molecule has 0 aliphatic carbocycles. The van der Waals surface area contributed by atoms with Crippen LogP contribution in [0.4, 0.5) is 18.0 Å². The summed E-state index contributed by atoms with van der Waals surface area (Å²) in [6, 6.07) is -1.97. The van der Waals surface area contributed by atoms with Gasteiger partial charge in [0.2, 0.25) is 0 Å². The first-order valence-corrected chi connectivity index (χ1v) is 5.77. The third kappa shape index (κ3) is 3.69. The quantitative estimate of drug-likeness (QED) is 0.816. The van der Waals surface area contributed by atoms with Gasteiger partial charge in [0.05, 0.1) is 5.88 Å². The SMILES string of the molecule is CN(CC(F)(F)F)C(=O)N1CSCC1C(=O)O. The van der Waals surface area contributed by atoms with E-state index in [-0.39, 0.29) is 11.6 Å². The van der Waals surface area contributed by atoms with E-state index < -0.39 is 30.8 Å². The zero-order valence-corrected chi connectivity index (χ0v) is 9.72. The molecular formula is C8H11F3N2O3S. The fourth-order valence-electron chi connectivity index (χ4n) is 1.39. The third-order valence-corrected chi connectivity index (χ3v) is 3.17. The van der Waals surface area contributed by atoms with Gasteiger partial charge in [0.15, 0.2) is 0 Å². The molecule has 9 heteroatoms. The Bertz CT molecular complexity index is 324. The second kappa shape index (κ2) is 5.03. The van der Waals surface area contributed by atoms with Crippen LogP contribution in [0.5, 0.6) is 0 Å². The predicted octanol–water partition coefficient (Wildman–Crippen LogP) is 1.06. The van der Waals surface area contributed by atoms with Gasteiger partial charge >= 0.3 is 18.2 Å². The third-order valence-electron chi connectivity index (χ3n) is 2.16. The summed E-state index contributed by atoms with van der Waals surface area (Å²) in [7, 11) is 0.998. The minimum Gasteiger partial charge on any atom is -0.480 e. The molecule has 0 aromatic heterocycles. The molecule has 1 fully saturated rings. The number of alkyl halides is 3. The number of hydrogen-bond acceptors (Lipinski definition) is 3. The Kier molecular flexibility index (Phi) is 4.12. The molecule has 1 N–H and O–H groups in total. The molecule has 2 amide bonds. The van der Waals surface area contributed by atoms with Crippen molar-refractivity contribution in [2.24, 2.45) is 0 Å². The average molecular weight is 272 g/mol. The molecule has 0 aromatic carbocycles. The van der Waals surface area contributed by atoms with Crippen molar-refractivity contribution < 1.29 is 27.9 Å². The molecular weight excluding hydrogens is 261 g/mol. The van der Waals surface area contributed by atoms with E-state index in [2.05, 4.69) is 0 Å². The zero-order chi connectivity index (χ0) is 13.2. The summed E-state index contributed by atoms with van der Waals surface area (Å²) in [6.07, 6.45) is -4.49. The molecule has 0 saturated carbocycles. The van der Waals surface area contributed by atoms with Gasteiger partial charge < -0.3 is 14.9 Å². The number of carbonyl (C=O) groups is 2. The lowest BCUT2D eigenvalue weighted by atomic mass is 10.3. The van der Waals surface area contributed by atoms with Crippen LogP contribution in [-0.2, 0) is 4.79 Å². The topological polar surface area (TPSA) is 60.9 Å². The van der Waals surface area contributed by atoms with Crippen LogP contribution in [0.25, 0.3) is 0 Å². The van der Waals surface area contributed by atoms with Gasteiger partial charge in [0.25, 0.3) is 0 Å². The van der Waals surface area contributed by atoms with Crippen molar-refractivity contribution in [3.05, 3.63) is 0 Å². The Balaban J connectivity index is 2.66. The van der Waals surface area contributed by atoms with Gasteiger partial charge in [0.1, 0.15) is 12.6 Å². The average Bonchev–Trinajstić information content (AvgIpc) is 2.61. The first-order valence-electron chi connectivity index (χ1n) is 4.61. The van der Waals surface area contributed by atoms with Gasteiger partial charge in [0, 0.05) is 12.8 Å². The second-order valence-electron chi connectivity index (χ2n) is 3.58. The van der Waals surface area contributed by atoms with E-state index in [0.717, 1.165) is 11.9 Å². The van der Waals surface area contributed by atoms with Gasteiger partial charge in [-0.15, -0.1) is 11.8 Å². The first kappa shape index (κ1) is 13.9. The van der Waals surface area contributed by atoms with E-state index in [0.29, 0.717) is 4.90 Å². The van der Waals surface area contributed by atoms with Crippen LogP contribution in [0.1, 0.15) is 0 Å². The molecule has 17 heavy (non-hydrogen) atoms. The number of rotatable bonds is 2. The summed E-state index contributed by atoms with van der Waals surface area (Å²) in [5.41, 5.74) is 0. The van der Waals surface area contributed by atoms with Crippen molar-refractivity contribution >= 4 is 23.8 Å². The number of carboxylic acid groups (broad SMARTS) is 1. The maximum atomic E-state index is 12.1. The standard InChI is InChI=1S/C8H11F3N2O3S/c1-12(3-8(9,10)11)7(16)13-4-17-2-5(13)6(14)15/h5H,2-4H2,1H3,(H,14,15). The summed E-state index contributed by atoms with van der Waals surface area (Å²) < 4.78 is 36.2. The maximum Gasteiger partial charge on any atom is 0.406 e. The smallest absolute Gasteiger partial charge is 0.406 e. The van der Waals surface area contributed by atoms with Gasteiger partial charge in [-0.1, -0.05) is 0 Å². The van der Waals surface area contributed by atoms with E-state index in [9.17, 15) is 22.8 Å². The van der Waals surface area contributed by atoms with Crippen molar-refractivity contribution in [1.82, 2.24) is 9.80 Å². The highest BCUT2D eigenvalue weighted by molar-refractivity contribution is 7.99. The Morgan fingerprint density at radius 1 is 1.53 bits per heavy atom. The largest absolute Gasteiger partial charge is 0.480 e. The minimum absolute atomic E-state index is 0.0952. The van der Waals surface area contributed by atoms with E-state index in [4.69, 9.17) is 5.11 Å². The van der Waals surface area contributed by atoms with E-state index in [1.54, 1.807) is 0 Å². The van der Waals surface area contributed by atoms with Crippen LogP contribution in [0.3, 0.4) is 0 Å². The summed E-state index contributed by atoms with van der Waals surface area (Å²) in [5, 5.41) is 8.80. The van der Waals surface area contributed by atoms with Crippen LogP contribution in [0.15, 0.2) is 0 Å². The van der Waals surface area contributed by atoms with Crippen LogP contribution in [0.2, 0.25) is 0 Å². The summed E-state index contributed by atoms with van der Waals surface area (Å²) in [6.45, 7) is -1.39. The van der Waals surface area contributed by atoms with Gasteiger partial charge in [-0.25, -0.2) is 9.59 Å². The zero-order valence-electron chi connectivity index (χ0n) is 8.90. The number of carbonyl (C=O) groups excluding carboxylic acids is 1. The minimum atomic E-state index is -4.49. The number of hydrogen-bond donors (Lipinski definition) is 1. The van der Waals surface area contributed by atoms with Crippen LogP contribution in [0, 0.1) is 0 Å². The Morgan fingerprint density at radius 3 is 2.59 bits per heavy atom. The molecule has 0 aromatic rings. The molecule has 1 heterocycles. The van der Waals surface area contributed by atoms with Crippen molar-refractivity contribution in [1.29, 1.82) is 0 Å². The fourth-order valence-corrected chi connectivity index (χ4v) is 2.53. The Labute approximate surface area is 99.5 Å². The number of thioether (sulfide) groups is 1. The number of urea groups is 1. The summed E-state index contributed by atoms with van der Waals surface area (Å²) in [5.74, 6) is -0.914. The van der Waals surface area contributed by atoms with Gasteiger partial charge in [-0.2, -0.15) is 13.2 Å².